The fraction of sp³-hybridized carbons (Fsp3) is 0.192. The number of aromatic hydroxyl groups is 2. The Morgan fingerprint density at radius 2 is 1.76 bits per heavy atom. The van der Waals surface area contributed by atoms with E-state index in [9.17, 15) is 19.8 Å². The summed E-state index contributed by atoms with van der Waals surface area (Å²) in [4.78, 5) is 30.5. The highest BCUT2D eigenvalue weighted by Gasteiger charge is 2.25. The minimum atomic E-state index is -1.04. The Hall–Kier alpha value is -3.46. The first kappa shape index (κ1) is 26.6. The number of hydrogen-bond donors (Lipinski definition) is 3. The highest BCUT2D eigenvalue weighted by atomic mass is 35.5. The molecule has 0 aliphatic heterocycles. The number of phenolic OH excluding ortho intramolecular Hbond substituents is 2. The molecule has 0 fully saturated rings. The molecule has 3 N–H and O–H groups in total. The smallest absolute Gasteiger partial charge is 0.328 e. The lowest BCUT2D eigenvalue weighted by molar-refractivity contribution is -0.147. The van der Waals surface area contributed by atoms with Gasteiger partial charge in [0.2, 0.25) is 5.91 Å². The number of fused-ring (bicyclic) bond motifs is 1. The van der Waals surface area contributed by atoms with Gasteiger partial charge in [-0.15, -0.1) is 0 Å². The Kier molecular flexibility index (Phi) is 8.12. The van der Waals surface area contributed by atoms with Crippen LogP contribution in [-0.2, 0) is 27.2 Å². The Balaban J connectivity index is 1.67. The molecule has 0 aliphatic rings. The van der Waals surface area contributed by atoms with Gasteiger partial charge in [-0.1, -0.05) is 53.0 Å². The molecule has 1 unspecified atom stereocenters. The van der Waals surface area contributed by atoms with Crippen LogP contribution in [-0.4, -0.2) is 44.1 Å². The minimum absolute atomic E-state index is 0.0350. The quantitative estimate of drug-likeness (QED) is 0.201. The summed E-state index contributed by atoms with van der Waals surface area (Å²) >= 11 is 18.7. The lowest BCUT2D eigenvalue weighted by Gasteiger charge is -2.18. The number of carbonyl (C=O) groups excluding carboxylic acids is 2. The van der Waals surface area contributed by atoms with Crippen LogP contribution in [0.5, 0.6) is 11.5 Å². The SMILES string of the molecule is CCOC(=O)C(Cc1ccc(O)c(O)c1)NC(=O)Cc1c(-c2ccc(Cl)cc2)nc2c(Cl)cc(Cl)cn12. The molecule has 2 aromatic carbocycles. The van der Waals surface area contributed by atoms with E-state index in [1.54, 1.807) is 53.9 Å². The summed E-state index contributed by atoms with van der Waals surface area (Å²) in [5.41, 5.74) is 2.66. The van der Waals surface area contributed by atoms with Gasteiger partial charge in [0.15, 0.2) is 17.1 Å². The van der Waals surface area contributed by atoms with Crippen LogP contribution in [0.4, 0.5) is 0 Å². The molecule has 1 amide bonds. The maximum atomic E-state index is 13.3. The van der Waals surface area contributed by atoms with Crippen molar-refractivity contribution in [1.29, 1.82) is 0 Å². The predicted octanol–water partition coefficient (Wildman–Crippen LogP) is 5.21. The predicted molar refractivity (Wildman–Crippen MR) is 141 cm³/mol. The third kappa shape index (κ3) is 6.10. The van der Waals surface area contributed by atoms with Crippen LogP contribution >= 0.6 is 34.8 Å². The van der Waals surface area contributed by atoms with Gasteiger partial charge in [0.1, 0.15) is 6.04 Å². The fourth-order valence-electron chi connectivity index (χ4n) is 3.89. The van der Waals surface area contributed by atoms with Crippen molar-refractivity contribution in [3.8, 4) is 22.8 Å². The first-order chi connectivity index (χ1) is 17.7. The lowest BCUT2D eigenvalue weighted by Crippen LogP contribution is -2.44. The zero-order valence-corrected chi connectivity index (χ0v) is 21.8. The van der Waals surface area contributed by atoms with Crippen molar-refractivity contribution in [1.82, 2.24) is 14.7 Å². The van der Waals surface area contributed by atoms with Crippen molar-refractivity contribution in [2.75, 3.05) is 6.61 Å². The molecule has 4 rings (SSSR count). The Morgan fingerprint density at radius 3 is 2.43 bits per heavy atom. The van der Waals surface area contributed by atoms with Crippen LogP contribution in [0.2, 0.25) is 15.1 Å². The summed E-state index contributed by atoms with van der Waals surface area (Å²) in [5, 5.41) is 23.3. The zero-order chi connectivity index (χ0) is 26.7. The topological polar surface area (TPSA) is 113 Å². The molecule has 2 aromatic heterocycles. The van der Waals surface area contributed by atoms with Gasteiger partial charge in [0.25, 0.3) is 0 Å². The monoisotopic (exact) mass is 561 g/mol. The third-order valence-electron chi connectivity index (χ3n) is 5.57. The van der Waals surface area contributed by atoms with Crippen molar-refractivity contribution in [3.63, 3.8) is 0 Å². The zero-order valence-electron chi connectivity index (χ0n) is 19.5. The second-order valence-electron chi connectivity index (χ2n) is 8.19. The molecule has 192 valence electrons. The number of imidazole rings is 1. The molecule has 2 heterocycles. The van der Waals surface area contributed by atoms with E-state index in [0.29, 0.717) is 43.2 Å². The fourth-order valence-corrected chi connectivity index (χ4v) is 4.53. The van der Waals surface area contributed by atoms with E-state index in [1.807, 2.05) is 0 Å². The van der Waals surface area contributed by atoms with E-state index in [4.69, 9.17) is 39.5 Å². The molecule has 1 atom stereocenters. The highest BCUT2D eigenvalue weighted by Crippen LogP contribution is 2.31. The number of aromatic nitrogens is 2. The number of esters is 1. The second-order valence-corrected chi connectivity index (χ2v) is 9.47. The third-order valence-corrected chi connectivity index (χ3v) is 6.31. The number of nitrogens with one attached hydrogen (secondary N) is 1. The summed E-state index contributed by atoms with van der Waals surface area (Å²) in [5.74, 6) is -1.74. The van der Waals surface area contributed by atoms with E-state index in [2.05, 4.69) is 10.3 Å². The van der Waals surface area contributed by atoms with Crippen LogP contribution in [0.25, 0.3) is 16.9 Å². The van der Waals surface area contributed by atoms with Gasteiger partial charge in [0.05, 0.1) is 34.5 Å². The van der Waals surface area contributed by atoms with Gasteiger partial charge in [0, 0.05) is 23.2 Å². The van der Waals surface area contributed by atoms with Crippen molar-refractivity contribution in [2.45, 2.75) is 25.8 Å². The van der Waals surface area contributed by atoms with Crippen molar-refractivity contribution in [3.05, 3.63) is 81.1 Å². The lowest BCUT2D eigenvalue weighted by atomic mass is 10.0. The number of benzene rings is 2. The number of phenols is 2. The molecule has 11 heteroatoms. The molecule has 0 aliphatic carbocycles. The van der Waals surface area contributed by atoms with Crippen LogP contribution in [0.1, 0.15) is 18.2 Å². The van der Waals surface area contributed by atoms with E-state index < -0.39 is 17.9 Å². The van der Waals surface area contributed by atoms with Gasteiger partial charge >= 0.3 is 5.97 Å². The summed E-state index contributed by atoms with van der Waals surface area (Å²) in [6.45, 7) is 1.78. The highest BCUT2D eigenvalue weighted by molar-refractivity contribution is 6.36. The maximum Gasteiger partial charge on any atom is 0.328 e. The van der Waals surface area contributed by atoms with Crippen molar-refractivity contribution < 1.29 is 24.5 Å². The van der Waals surface area contributed by atoms with Crippen LogP contribution in [0.3, 0.4) is 0 Å². The first-order valence-corrected chi connectivity index (χ1v) is 12.4. The number of rotatable bonds is 8. The van der Waals surface area contributed by atoms with Gasteiger partial charge in [-0.25, -0.2) is 9.78 Å². The molecule has 8 nitrogen and oxygen atoms in total. The van der Waals surface area contributed by atoms with Crippen LogP contribution < -0.4 is 5.32 Å². The van der Waals surface area contributed by atoms with Gasteiger partial charge in [-0.2, -0.15) is 0 Å². The standard InChI is InChI=1S/C26H22Cl3N3O5/c1-2-37-26(36)19(9-14-3-8-21(33)22(34)10-14)30-23(35)12-20-24(15-4-6-16(27)7-5-15)31-25-18(29)11-17(28)13-32(20)25/h3-8,10-11,13,19,33-34H,2,9,12H2,1H3,(H,30,35). The molecule has 0 radical (unpaired) electrons. The number of halogens is 3. The molecule has 0 saturated heterocycles. The molecule has 0 saturated carbocycles. The number of pyridine rings is 1. The molecule has 4 aromatic rings. The first-order valence-electron chi connectivity index (χ1n) is 11.2. The summed E-state index contributed by atoms with van der Waals surface area (Å²) in [7, 11) is 0. The van der Waals surface area contributed by atoms with E-state index in [1.165, 1.54) is 12.1 Å². The molecular formula is C26H22Cl3N3O5. The second kappa shape index (κ2) is 11.3. The van der Waals surface area contributed by atoms with Gasteiger partial charge < -0.3 is 24.7 Å². The van der Waals surface area contributed by atoms with Crippen LogP contribution in [0.15, 0.2) is 54.7 Å². The van der Waals surface area contributed by atoms with Crippen molar-refractivity contribution >= 4 is 52.3 Å². The maximum absolute atomic E-state index is 13.3. The molecule has 0 spiro atoms. The minimum Gasteiger partial charge on any atom is -0.504 e. The largest absolute Gasteiger partial charge is 0.504 e. The molecule has 37 heavy (non-hydrogen) atoms. The van der Waals surface area contributed by atoms with E-state index in [-0.39, 0.29) is 30.9 Å². The average molecular weight is 563 g/mol. The Morgan fingerprint density at radius 1 is 1.03 bits per heavy atom. The number of nitrogens with zero attached hydrogens (tertiary/aromatic N) is 2. The number of hydrogen-bond acceptors (Lipinski definition) is 6. The van der Waals surface area contributed by atoms with Crippen LogP contribution in [0, 0.1) is 0 Å². The Labute approximate surface area is 227 Å². The number of carbonyl (C=O) groups is 2. The molecule has 0 bridgehead atoms. The average Bonchev–Trinajstić information content (AvgIpc) is 3.20. The normalized spacial score (nSPS) is 11.9. The summed E-state index contributed by atoms with van der Waals surface area (Å²) < 4.78 is 6.79. The van der Waals surface area contributed by atoms with E-state index in [0.717, 1.165) is 0 Å². The number of ether oxygens (including phenoxy) is 1. The van der Waals surface area contributed by atoms with Gasteiger partial charge in [-0.05, 0) is 42.8 Å². The molecular weight excluding hydrogens is 541 g/mol. The summed E-state index contributed by atoms with van der Waals surface area (Å²) in [6.07, 6.45) is 1.49. The van der Waals surface area contributed by atoms with E-state index >= 15 is 0 Å². The number of amides is 1. The summed E-state index contributed by atoms with van der Waals surface area (Å²) in [6, 6.07) is 11.7. The Bertz CT molecular complexity index is 1470. The van der Waals surface area contributed by atoms with Gasteiger partial charge in [-0.3, -0.25) is 4.79 Å². The van der Waals surface area contributed by atoms with Crippen molar-refractivity contribution in [2.24, 2.45) is 0 Å².